The first-order valence-electron chi connectivity index (χ1n) is 14.0. The Kier molecular flexibility index (Phi) is 10.6. The van der Waals surface area contributed by atoms with Crippen molar-refractivity contribution in [3.05, 3.63) is 65.7 Å². The van der Waals surface area contributed by atoms with Crippen LogP contribution in [0.3, 0.4) is 0 Å². The summed E-state index contributed by atoms with van der Waals surface area (Å²) in [5.74, 6) is 0.360. The molecule has 1 saturated heterocycles. The zero-order chi connectivity index (χ0) is 26.6. The Hall–Kier alpha value is -3.37. The van der Waals surface area contributed by atoms with Crippen LogP contribution in [0.4, 0.5) is 0 Å². The van der Waals surface area contributed by atoms with Gasteiger partial charge in [-0.3, -0.25) is 9.59 Å². The summed E-state index contributed by atoms with van der Waals surface area (Å²) in [6, 6.07) is 18.6. The highest BCUT2D eigenvalue weighted by molar-refractivity contribution is 5.87. The third-order valence-electron chi connectivity index (χ3n) is 7.57. The molecule has 0 radical (unpaired) electrons. The van der Waals surface area contributed by atoms with Crippen LogP contribution >= 0.6 is 0 Å². The minimum Gasteiger partial charge on any atom is -0.494 e. The van der Waals surface area contributed by atoms with Crippen molar-refractivity contribution in [3.63, 3.8) is 0 Å². The number of carbonyl (C=O) groups is 2. The van der Waals surface area contributed by atoms with Gasteiger partial charge in [-0.15, -0.1) is 0 Å². The van der Waals surface area contributed by atoms with Crippen molar-refractivity contribution in [3.8, 4) is 11.8 Å². The van der Waals surface area contributed by atoms with Crippen molar-refractivity contribution in [2.24, 2.45) is 0 Å². The smallest absolute Gasteiger partial charge is 0.308 e. The highest BCUT2D eigenvalue weighted by Gasteiger charge is 2.34. The van der Waals surface area contributed by atoms with E-state index < -0.39 is 6.04 Å². The molecule has 2 fully saturated rings. The number of piperidine rings is 1. The quantitative estimate of drug-likeness (QED) is 0.416. The number of amides is 1. The number of nitriles is 1. The molecule has 0 bridgehead atoms. The topological polar surface area (TPSA) is 91.7 Å². The number of ether oxygens (including phenoxy) is 2. The van der Waals surface area contributed by atoms with Crippen LogP contribution in [-0.2, 0) is 20.9 Å². The van der Waals surface area contributed by atoms with E-state index in [4.69, 9.17) is 14.7 Å². The maximum Gasteiger partial charge on any atom is 0.308 e. The maximum atomic E-state index is 13.9. The monoisotopic (exact) mass is 517 g/mol. The molecule has 1 heterocycles. The minimum absolute atomic E-state index is 0.00434. The second-order valence-corrected chi connectivity index (χ2v) is 10.4. The van der Waals surface area contributed by atoms with E-state index in [1.54, 1.807) is 24.3 Å². The summed E-state index contributed by atoms with van der Waals surface area (Å²) in [4.78, 5) is 28.7. The van der Waals surface area contributed by atoms with E-state index >= 15 is 0 Å². The molecule has 4 rings (SSSR count). The summed E-state index contributed by atoms with van der Waals surface area (Å²) in [5, 5.41) is 12.5. The lowest BCUT2D eigenvalue weighted by Gasteiger charge is -2.39. The Balaban J connectivity index is 1.37. The Morgan fingerprint density at radius 1 is 0.974 bits per heavy atom. The molecule has 2 atom stereocenters. The van der Waals surface area contributed by atoms with Crippen molar-refractivity contribution in [2.45, 2.75) is 88.9 Å². The number of carbonyl (C=O) groups excluding carboxylic acids is 2. The van der Waals surface area contributed by atoms with Gasteiger partial charge in [0.1, 0.15) is 12.4 Å². The lowest BCUT2D eigenvalue weighted by Crippen LogP contribution is -2.55. The fourth-order valence-electron chi connectivity index (χ4n) is 5.46. The summed E-state index contributed by atoms with van der Waals surface area (Å²) < 4.78 is 11.5. The molecule has 1 N–H and O–H groups in total. The number of nitrogens with one attached hydrogen (secondary N) is 1. The van der Waals surface area contributed by atoms with Crippen molar-refractivity contribution in [2.75, 3.05) is 13.2 Å². The van der Waals surface area contributed by atoms with Gasteiger partial charge in [0.15, 0.2) is 0 Å². The average Bonchev–Trinajstić information content (AvgIpc) is 2.97. The molecule has 7 heteroatoms. The van der Waals surface area contributed by atoms with Crippen LogP contribution in [0, 0.1) is 11.3 Å². The Bertz CT molecular complexity index is 1060. The minimum atomic E-state index is -0.582. The van der Waals surface area contributed by atoms with Crippen molar-refractivity contribution in [1.29, 1.82) is 5.26 Å². The van der Waals surface area contributed by atoms with Gasteiger partial charge in [0.2, 0.25) is 5.91 Å². The molecule has 202 valence electrons. The lowest BCUT2D eigenvalue weighted by molar-refractivity contribution is -0.149. The van der Waals surface area contributed by atoms with Crippen molar-refractivity contribution in [1.82, 2.24) is 10.2 Å². The molecule has 7 nitrogen and oxygen atoms in total. The molecule has 2 aromatic rings. The second-order valence-electron chi connectivity index (χ2n) is 10.4. The lowest BCUT2D eigenvalue weighted by atomic mass is 9.93. The number of likely N-dealkylation sites (tertiary alicyclic amines) is 1. The number of esters is 1. The SMILES string of the molecule is N#Cc1ccc(OCC[C@H]2CCCCN2C(=O)[C@H](CC(=O)OCc2ccccc2)NC2CCCCC2)cc1. The van der Waals surface area contributed by atoms with Gasteiger partial charge in [-0.25, -0.2) is 0 Å². The standard InChI is InChI=1S/C31H39N3O4/c32-22-24-14-16-28(17-15-24)37-20-18-27-13-7-8-19-34(27)31(36)29(33-26-11-5-2-6-12-26)21-30(35)38-23-25-9-3-1-4-10-25/h1,3-4,9-10,14-17,26-27,29,33H,2,5-8,11-13,18-21,23H2/t27-,29+/m1/s1. The van der Waals surface area contributed by atoms with Gasteiger partial charge in [-0.1, -0.05) is 49.6 Å². The van der Waals surface area contributed by atoms with Gasteiger partial charge in [0, 0.05) is 25.0 Å². The molecular weight excluding hydrogens is 478 g/mol. The van der Waals surface area contributed by atoms with Crippen LogP contribution in [0.5, 0.6) is 5.75 Å². The number of benzene rings is 2. The van der Waals surface area contributed by atoms with E-state index in [9.17, 15) is 9.59 Å². The highest BCUT2D eigenvalue weighted by atomic mass is 16.5. The van der Waals surface area contributed by atoms with E-state index in [1.807, 2.05) is 35.2 Å². The fraction of sp³-hybridized carbons (Fsp3) is 0.516. The molecule has 0 spiro atoms. The number of rotatable bonds is 11. The van der Waals surface area contributed by atoms with Gasteiger partial charge in [-0.05, 0) is 61.9 Å². The molecule has 38 heavy (non-hydrogen) atoms. The van der Waals surface area contributed by atoms with Gasteiger partial charge in [0.05, 0.1) is 30.7 Å². The van der Waals surface area contributed by atoms with Crippen molar-refractivity contribution < 1.29 is 19.1 Å². The van der Waals surface area contributed by atoms with E-state index in [-0.39, 0.29) is 37.0 Å². The summed E-state index contributed by atoms with van der Waals surface area (Å²) in [6.07, 6.45) is 9.31. The third-order valence-corrected chi connectivity index (χ3v) is 7.57. The zero-order valence-corrected chi connectivity index (χ0v) is 22.1. The first-order chi connectivity index (χ1) is 18.6. The summed E-state index contributed by atoms with van der Waals surface area (Å²) >= 11 is 0. The molecule has 1 aliphatic carbocycles. The number of nitrogens with zero attached hydrogens (tertiary/aromatic N) is 2. The first kappa shape index (κ1) is 27.7. The Morgan fingerprint density at radius 2 is 1.71 bits per heavy atom. The molecule has 0 unspecified atom stereocenters. The van der Waals surface area contributed by atoms with E-state index in [2.05, 4.69) is 11.4 Å². The van der Waals surface area contributed by atoms with Gasteiger partial charge in [0.25, 0.3) is 0 Å². The maximum absolute atomic E-state index is 13.9. The Morgan fingerprint density at radius 3 is 2.45 bits per heavy atom. The molecule has 2 aliphatic rings. The van der Waals surface area contributed by atoms with Crippen LogP contribution < -0.4 is 10.1 Å². The third kappa shape index (κ3) is 8.32. The summed E-state index contributed by atoms with van der Waals surface area (Å²) in [7, 11) is 0. The molecule has 1 saturated carbocycles. The van der Waals surface area contributed by atoms with Gasteiger partial charge in [-0.2, -0.15) is 5.26 Å². The van der Waals surface area contributed by atoms with E-state index in [0.717, 1.165) is 62.7 Å². The first-order valence-corrected chi connectivity index (χ1v) is 14.0. The normalized spacial score (nSPS) is 18.8. The van der Waals surface area contributed by atoms with Crippen molar-refractivity contribution >= 4 is 11.9 Å². The largest absolute Gasteiger partial charge is 0.494 e. The number of hydrogen-bond donors (Lipinski definition) is 1. The molecular formula is C31H39N3O4. The van der Waals surface area contributed by atoms with Crippen LogP contribution in [0.15, 0.2) is 54.6 Å². The van der Waals surface area contributed by atoms with Gasteiger partial charge >= 0.3 is 5.97 Å². The summed E-state index contributed by atoms with van der Waals surface area (Å²) in [6.45, 7) is 1.39. The Labute approximate surface area is 226 Å². The van der Waals surface area contributed by atoms with Crippen LogP contribution in [0.25, 0.3) is 0 Å². The zero-order valence-electron chi connectivity index (χ0n) is 22.1. The predicted octanol–water partition coefficient (Wildman–Crippen LogP) is 5.13. The second kappa shape index (κ2) is 14.5. The molecule has 1 aliphatic heterocycles. The number of hydrogen-bond acceptors (Lipinski definition) is 6. The predicted molar refractivity (Wildman–Crippen MR) is 145 cm³/mol. The molecule has 2 aromatic carbocycles. The van der Waals surface area contributed by atoms with Gasteiger partial charge < -0.3 is 19.7 Å². The molecule has 0 aromatic heterocycles. The molecule has 1 amide bonds. The summed E-state index contributed by atoms with van der Waals surface area (Å²) in [5.41, 5.74) is 1.53. The van der Waals surface area contributed by atoms with E-state index in [0.29, 0.717) is 18.7 Å². The highest BCUT2D eigenvalue weighted by Crippen LogP contribution is 2.24. The van der Waals surface area contributed by atoms with Crippen LogP contribution in [0.1, 0.15) is 75.3 Å². The van der Waals surface area contributed by atoms with Crippen LogP contribution in [0.2, 0.25) is 0 Å². The average molecular weight is 518 g/mol. The fourth-order valence-corrected chi connectivity index (χ4v) is 5.46. The van der Waals surface area contributed by atoms with Crippen LogP contribution in [-0.4, -0.2) is 48.1 Å². The van der Waals surface area contributed by atoms with E-state index in [1.165, 1.54) is 6.42 Å².